The Kier molecular flexibility index (Phi) is 9.50. The fraction of sp³-hybridized carbons (Fsp3) is 0.583. The number of allylic oxidation sites excluding steroid dienone is 1. The maximum absolute atomic E-state index is 15.5. The lowest BCUT2D eigenvalue weighted by Gasteiger charge is -2.39. The van der Waals surface area contributed by atoms with E-state index < -0.39 is 13.1 Å². The first-order valence-electron chi connectivity index (χ1n) is 17.2. The summed E-state index contributed by atoms with van der Waals surface area (Å²) in [5.74, 6) is 0.781. The van der Waals surface area contributed by atoms with Crippen LogP contribution in [0.2, 0.25) is 0 Å². The molecule has 0 bridgehead atoms. The second-order valence-electron chi connectivity index (χ2n) is 14.3. The molecule has 1 saturated carbocycles. The van der Waals surface area contributed by atoms with Gasteiger partial charge in [0.2, 0.25) is 5.95 Å². The first-order valence-corrected chi connectivity index (χ1v) is 17.2. The van der Waals surface area contributed by atoms with Crippen molar-refractivity contribution in [3.05, 3.63) is 65.0 Å². The van der Waals surface area contributed by atoms with Gasteiger partial charge >= 0.3 is 7.12 Å². The fourth-order valence-electron chi connectivity index (χ4n) is 7.25. The summed E-state index contributed by atoms with van der Waals surface area (Å²) in [4.78, 5) is 2.27. The molecule has 10 heteroatoms. The van der Waals surface area contributed by atoms with Crippen molar-refractivity contribution in [1.29, 1.82) is 0 Å². The normalized spacial score (nSPS) is 24.7. The van der Waals surface area contributed by atoms with Gasteiger partial charge in [-0.2, -0.15) is 4.39 Å². The number of likely N-dealkylation sites (tertiary alicyclic amines) is 1. The van der Waals surface area contributed by atoms with Crippen LogP contribution in [0.1, 0.15) is 76.1 Å². The predicted molar refractivity (Wildman–Crippen MR) is 176 cm³/mol. The monoisotopic (exact) mass is 633 g/mol. The minimum Gasteiger partial charge on any atom is -0.492 e. The van der Waals surface area contributed by atoms with E-state index in [1.165, 1.54) is 0 Å². The van der Waals surface area contributed by atoms with Crippen molar-refractivity contribution >= 4 is 23.6 Å². The van der Waals surface area contributed by atoms with E-state index in [4.69, 9.17) is 18.8 Å². The lowest BCUT2D eigenvalue weighted by molar-refractivity contribution is -0.0375. The Labute approximate surface area is 271 Å². The van der Waals surface area contributed by atoms with E-state index in [1.807, 2.05) is 24.3 Å². The van der Waals surface area contributed by atoms with E-state index in [0.29, 0.717) is 37.7 Å². The summed E-state index contributed by atoms with van der Waals surface area (Å²) in [6.07, 6.45) is 6.86. The smallest absolute Gasteiger partial charge is 0.490 e. The predicted octanol–water partition coefficient (Wildman–Crippen LogP) is 7.25. The molecular weight excluding hydrogens is 587 g/mol. The molecule has 4 aliphatic rings. The molecule has 0 spiro atoms. The zero-order chi connectivity index (χ0) is 31.7. The van der Waals surface area contributed by atoms with Gasteiger partial charge in [0.25, 0.3) is 0 Å². The number of rotatable bonds is 10. The van der Waals surface area contributed by atoms with Crippen molar-refractivity contribution in [1.82, 2.24) is 14.7 Å². The molecule has 3 saturated heterocycles. The molecule has 2 atom stereocenters. The van der Waals surface area contributed by atoms with Crippen LogP contribution in [0.4, 0.5) is 8.78 Å². The van der Waals surface area contributed by atoms with E-state index >= 15 is 4.39 Å². The molecule has 1 aromatic heterocycles. The highest BCUT2D eigenvalue weighted by Gasteiger charge is 2.41. The topological polar surface area (TPSA) is 58.0 Å². The average molecular weight is 634 g/mol. The Morgan fingerprint density at radius 1 is 1.00 bits per heavy atom. The molecule has 2 aromatic carbocycles. The Hall–Kier alpha value is -2.79. The van der Waals surface area contributed by atoms with E-state index in [0.717, 1.165) is 98.0 Å². The Morgan fingerprint density at radius 3 is 2.46 bits per heavy atom. The maximum Gasteiger partial charge on any atom is 0.490 e. The highest BCUT2D eigenvalue weighted by molar-refractivity contribution is 6.56. The van der Waals surface area contributed by atoms with Crippen molar-refractivity contribution < 1.29 is 27.6 Å². The van der Waals surface area contributed by atoms with Crippen LogP contribution in [-0.4, -0.2) is 74.5 Å². The summed E-state index contributed by atoms with van der Waals surface area (Å²) in [7, 11) is -0.461. The molecular formula is C36H46BF2N3O4. The molecule has 0 amide bonds. The van der Waals surface area contributed by atoms with Gasteiger partial charge in [-0.1, -0.05) is 38.5 Å². The van der Waals surface area contributed by atoms with Gasteiger partial charge in [0.1, 0.15) is 12.4 Å². The molecule has 0 N–H and O–H groups in total. The zero-order valence-electron chi connectivity index (χ0n) is 27.2. The lowest BCUT2D eigenvalue weighted by Crippen LogP contribution is -2.44. The lowest BCUT2D eigenvalue weighted by atomic mass is 9.59. The van der Waals surface area contributed by atoms with Crippen LogP contribution in [0.5, 0.6) is 5.75 Å². The van der Waals surface area contributed by atoms with E-state index in [9.17, 15) is 4.39 Å². The molecule has 3 aromatic rings. The van der Waals surface area contributed by atoms with Crippen LogP contribution in [0.3, 0.4) is 0 Å². The third kappa shape index (κ3) is 6.77. The summed E-state index contributed by atoms with van der Waals surface area (Å²) in [6.45, 7) is 9.02. The summed E-state index contributed by atoms with van der Waals surface area (Å²) in [5, 5.41) is 4.79. The van der Waals surface area contributed by atoms with Crippen LogP contribution in [0.25, 0.3) is 16.5 Å². The number of hydrogen-bond donors (Lipinski definition) is 0. The Balaban J connectivity index is 1.22. The van der Waals surface area contributed by atoms with Crippen LogP contribution in [0, 0.1) is 23.2 Å². The zero-order valence-corrected chi connectivity index (χ0v) is 27.2. The fourth-order valence-corrected chi connectivity index (χ4v) is 7.25. The molecule has 0 radical (unpaired) electrons. The molecule has 4 heterocycles. The van der Waals surface area contributed by atoms with Gasteiger partial charge < -0.3 is 18.8 Å². The Morgan fingerprint density at radius 2 is 1.78 bits per heavy atom. The van der Waals surface area contributed by atoms with Crippen molar-refractivity contribution in [2.75, 3.05) is 52.7 Å². The number of nitrogens with zero attached hydrogens (tertiary/aromatic N) is 3. The largest absolute Gasteiger partial charge is 0.492 e. The van der Waals surface area contributed by atoms with Gasteiger partial charge in [-0.05, 0) is 97.4 Å². The molecule has 46 heavy (non-hydrogen) atoms. The highest BCUT2D eigenvalue weighted by Crippen LogP contribution is 2.43. The number of fused-ring (bicyclic) bond motifs is 1. The van der Waals surface area contributed by atoms with Crippen LogP contribution < -0.4 is 4.74 Å². The standard InChI is InChI=1S/C36H46BF2N3O4/c1-36(2)23-45-37(46-24-36)34(27-6-5-7-27)33(26-9-12-29(13-10-26)43-19-17-41-16-15-25(21-38)22-41)28-11-14-31-30(20-28)35(39)40-42(31)32-8-3-4-18-44-32/h9-14,20,25,27,32H,3-8,15-19,21-24H2,1-2H3/b34-33+/t25-,32?/m0/s1. The van der Waals surface area contributed by atoms with E-state index in [-0.39, 0.29) is 24.2 Å². The number of alkyl halides is 1. The molecule has 3 aliphatic heterocycles. The van der Waals surface area contributed by atoms with Crippen LogP contribution in [0.15, 0.2) is 47.9 Å². The minimum absolute atomic E-state index is 0.0555. The third-order valence-corrected chi connectivity index (χ3v) is 10.1. The molecule has 7 rings (SSSR count). The number of halogens is 2. The van der Waals surface area contributed by atoms with Gasteiger partial charge in [0.15, 0.2) is 6.23 Å². The van der Waals surface area contributed by atoms with Gasteiger partial charge in [-0.3, -0.25) is 9.29 Å². The second kappa shape index (κ2) is 13.8. The van der Waals surface area contributed by atoms with Gasteiger partial charge in [0, 0.05) is 44.2 Å². The van der Waals surface area contributed by atoms with Crippen LogP contribution in [-0.2, 0) is 14.0 Å². The Bertz CT molecular complexity index is 1520. The minimum atomic E-state index is -0.484. The highest BCUT2D eigenvalue weighted by atomic mass is 19.1. The first-order chi connectivity index (χ1) is 22.4. The SMILES string of the molecule is CC1(C)COB(/C(=C(\c2ccc(OCCN3CC[C@@H](CF)C3)cc2)c2ccc3c(c2)c(F)nn3C2CCCCO2)C2CCC2)OC1. The maximum atomic E-state index is 15.5. The van der Waals surface area contributed by atoms with Crippen molar-refractivity contribution in [2.24, 2.45) is 17.3 Å². The molecule has 4 fully saturated rings. The molecule has 1 unspecified atom stereocenters. The number of ether oxygens (including phenoxy) is 2. The first kappa shape index (κ1) is 31.8. The third-order valence-electron chi connectivity index (χ3n) is 10.1. The average Bonchev–Trinajstić information content (AvgIpc) is 3.65. The van der Waals surface area contributed by atoms with Gasteiger partial charge in [-0.25, -0.2) is 4.68 Å². The second-order valence-corrected chi connectivity index (χ2v) is 14.3. The quantitative estimate of drug-likeness (QED) is 0.220. The van der Waals surface area contributed by atoms with Crippen molar-refractivity contribution in [2.45, 2.75) is 65.0 Å². The summed E-state index contributed by atoms with van der Waals surface area (Å²) < 4.78 is 55.2. The van der Waals surface area contributed by atoms with E-state index in [1.54, 1.807) is 4.68 Å². The van der Waals surface area contributed by atoms with Crippen molar-refractivity contribution in [3.8, 4) is 5.75 Å². The molecule has 246 valence electrons. The summed E-state index contributed by atoms with van der Waals surface area (Å²) in [5.41, 5.74) is 4.77. The number of aromatic nitrogens is 2. The summed E-state index contributed by atoms with van der Waals surface area (Å²) >= 11 is 0. The van der Waals surface area contributed by atoms with E-state index in [2.05, 4.69) is 42.0 Å². The van der Waals surface area contributed by atoms with Gasteiger partial charge in [-0.15, -0.1) is 5.10 Å². The molecule has 7 nitrogen and oxygen atoms in total. The summed E-state index contributed by atoms with van der Waals surface area (Å²) in [6, 6.07) is 14.2. The number of benzene rings is 2. The van der Waals surface area contributed by atoms with Crippen molar-refractivity contribution in [3.63, 3.8) is 0 Å². The number of hydrogen-bond acceptors (Lipinski definition) is 6. The molecule has 1 aliphatic carbocycles. The van der Waals surface area contributed by atoms with Crippen LogP contribution >= 0.6 is 0 Å². The van der Waals surface area contributed by atoms with Gasteiger partial charge in [0.05, 0.1) is 17.6 Å².